The molecule has 0 radical (unpaired) electrons. The van der Waals surface area contributed by atoms with Crippen molar-refractivity contribution in [1.29, 1.82) is 0 Å². The van der Waals surface area contributed by atoms with E-state index in [1.165, 1.54) is 24.8 Å². The van der Waals surface area contributed by atoms with Gasteiger partial charge in [-0.25, -0.2) is 19.0 Å². The first-order valence-electron chi connectivity index (χ1n) is 10.6. The van der Waals surface area contributed by atoms with Crippen LogP contribution in [-0.2, 0) is 29.4 Å². The average Bonchev–Trinajstić information content (AvgIpc) is 3.20. The fourth-order valence-corrected chi connectivity index (χ4v) is 4.02. The summed E-state index contributed by atoms with van der Waals surface area (Å²) in [5, 5.41) is 7.99. The van der Waals surface area contributed by atoms with Gasteiger partial charge in [0.15, 0.2) is 5.82 Å². The van der Waals surface area contributed by atoms with Crippen LogP contribution in [0.2, 0.25) is 0 Å². The zero-order valence-corrected chi connectivity index (χ0v) is 20.2. The number of urea groups is 2. The molecule has 18 heteroatoms. The zero-order valence-electron chi connectivity index (χ0n) is 19.4. The summed E-state index contributed by atoms with van der Waals surface area (Å²) in [5.41, 5.74) is 0. The van der Waals surface area contributed by atoms with Crippen molar-refractivity contribution >= 4 is 51.7 Å². The third-order valence-corrected chi connectivity index (χ3v) is 6.17. The molecule has 3 heterocycles. The molecule has 36 heavy (non-hydrogen) atoms. The van der Waals surface area contributed by atoms with Crippen molar-refractivity contribution in [2.45, 2.75) is 32.9 Å². The number of imide groups is 2. The number of piperazine rings is 1. The lowest BCUT2D eigenvalue weighted by molar-refractivity contribution is -0.153. The number of β-lactam (4-membered cyclic amide) rings is 1. The fourth-order valence-electron chi connectivity index (χ4n) is 3.26. The number of anilines is 1. The molecule has 2 fully saturated rings. The highest BCUT2D eigenvalue weighted by Gasteiger charge is 2.43. The van der Waals surface area contributed by atoms with Crippen LogP contribution < -0.4 is 20.1 Å². The van der Waals surface area contributed by atoms with Gasteiger partial charge in [0.05, 0.1) is 6.54 Å². The number of carbonyl (C=O) groups is 6. The van der Waals surface area contributed by atoms with E-state index in [0.717, 1.165) is 0 Å². The van der Waals surface area contributed by atoms with Gasteiger partial charge in [0.25, 0.3) is 5.91 Å². The third-order valence-electron chi connectivity index (χ3n) is 5.25. The summed E-state index contributed by atoms with van der Waals surface area (Å²) >= 11 is 0. The number of nitrogens with zero attached hydrogens (tertiary/aromatic N) is 4. The van der Waals surface area contributed by atoms with Gasteiger partial charge in [-0.3, -0.25) is 29.0 Å². The predicted molar refractivity (Wildman–Crippen MR) is 118 cm³/mol. The minimum Gasteiger partial charge on any atom is -0.360 e. The first kappa shape index (κ1) is 26.4. The van der Waals surface area contributed by atoms with E-state index in [0.29, 0.717) is 22.1 Å². The smallest absolute Gasteiger partial charge is 0.339 e. The van der Waals surface area contributed by atoms with Gasteiger partial charge < -0.3 is 20.1 Å². The topological polar surface area (TPSA) is 220 Å². The first-order chi connectivity index (χ1) is 16.8. The van der Waals surface area contributed by atoms with Gasteiger partial charge in [0.2, 0.25) is 5.91 Å². The van der Waals surface area contributed by atoms with E-state index in [1.54, 1.807) is 11.6 Å². The normalized spacial score (nSPS) is 18.9. The second-order valence-corrected chi connectivity index (χ2v) is 9.27. The SMILES string of the molecule is CCN1CCN(C(=O)NC(C)C(=O)N[C@@H]2CN(C(=O)NS(=O)(=O)Nc3cc(C)on3)C2=O)C(=O)C1=O. The highest BCUT2D eigenvalue weighted by atomic mass is 32.2. The number of carbonyl (C=O) groups excluding carboxylic acids is 6. The van der Waals surface area contributed by atoms with Crippen molar-refractivity contribution < 1.29 is 41.7 Å². The molecule has 1 aromatic heterocycles. The number of rotatable bonds is 7. The standard InChI is InChI=1S/C18H24N8O9S/c1-4-24-5-6-25(16(30)15(24)29)17(31)19-10(3)13(27)20-11-8-26(14(11)28)18(32)23-36(33,34)22-12-7-9(2)35-21-12/h7,10-11H,4-6,8H2,1-3H3,(H,19,31)(H,20,27)(H,21,22)(H,23,32)/t10?,11-/m1/s1. The van der Waals surface area contributed by atoms with Crippen molar-refractivity contribution in [3.05, 3.63) is 11.8 Å². The van der Waals surface area contributed by atoms with E-state index >= 15 is 0 Å². The van der Waals surface area contributed by atoms with Gasteiger partial charge in [-0.1, -0.05) is 5.16 Å². The summed E-state index contributed by atoms with van der Waals surface area (Å²) in [6, 6.07) is -3.28. The van der Waals surface area contributed by atoms with Gasteiger partial charge in [-0.15, -0.1) is 0 Å². The van der Waals surface area contributed by atoms with Crippen molar-refractivity contribution in [2.24, 2.45) is 0 Å². The number of hydrogen-bond acceptors (Lipinski definition) is 10. The summed E-state index contributed by atoms with van der Waals surface area (Å²) in [6.45, 7) is 4.60. The van der Waals surface area contributed by atoms with E-state index < -0.39 is 58.0 Å². The number of likely N-dealkylation sites (tertiary alicyclic amines) is 1. The zero-order chi connectivity index (χ0) is 26.8. The number of nitrogens with one attached hydrogen (secondary N) is 4. The molecule has 17 nitrogen and oxygen atoms in total. The van der Waals surface area contributed by atoms with Gasteiger partial charge in [-0.05, 0) is 20.8 Å². The Morgan fingerprint density at radius 2 is 1.83 bits per heavy atom. The minimum absolute atomic E-state index is 0.0439. The molecule has 3 rings (SSSR count). The van der Waals surface area contributed by atoms with E-state index in [-0.39, 0.29) is 25.5 Å². The average molecular weight is 529 g/mol. The molecular weight excluding hydrogens is 504 g/mol. The van der Waals surface area contributed by atoms with Gasteiger partial charge in [0, 0.05) is 25.7 Å². The largest absolute Gasteiger partial charge is 0.360 e. The van der Waals surface area contributed by atoms with Crippen molar-refractivity contribution in [1.82, 2.24) is 35.2 Å². The van der Waals surface area contributed by atoms with Crippen LogP contribution in [0, 0.1) is 6.92 Å². The van der Waals surface area contributed by atoms with Crippen LogP contribution in [0.5, 0.6) is 0 Å². The molecule has 2 saturated heterocycles. The van der Waals surface area contributed by atoms with Gasteiger partial charge >= 0.3 is 34.1 Å². The van der Waals surface area contributed by atoms with Gasteiger partial charge in [-0.2, -0.15) is 8.42 Å². The quantitative estimate of drug-likeness (QED) is 0.214. The molecule has 196 valence electrons. The van der Waals surface area contributed by atoms with Crippen LogP contribution in [0.3, 0.4) is 0 Å². The summed E-state index contributed by atoms with van der Waals surface area (Å²) in [6.07, 6.45) is 0. The molecule has 0 saturated carbocycles. The third kappa shape index (κ3) is 5.70. The summed E-state index contributed by atoms with van der Waals surface area (Å²) in [5.74, 6) is -3.40. The Balaban J connectivity index is 1.46. The van der Waals surface area contributed by atoms with Crippen molar-refractivity contribution in [2.75, 3.05) is 30.9 Å². The van der Waals surface area contributed by atoms with Crippen molar-refractivity contribution in [3.63, 3.8) is 0 Å². The number of aromatic nitrogens is 1. The van der Waals surface area contributed by atoms with E-state index in [4.69, 9.17) is 4.52 Å². The maximum Gasteiger partial charge on any atom is 0.339 e. The molecule has 0 bridgehead atoms. The van der Waals surface area contributed by atoms with Crippen LogP contribution in [0.1, 0.15) is 19.6 Å². The molecule has 0 aromatic carbocycles. The lowest BCUT2D eigenvalue weighted by Gasteiger charge is -2.37. The second-order valence-electron chi connectivity index (χ2n) is 7.86. The molecule has 0 spiro atoms. The minimum atomic E-state index is -4.42. The Morgan fingerprint density at radius 1 is 1.14 bits per heavy atom. The summed E-state index contributed by atoms with van der Waals surface area (Å²) in [4.78, 5) is 75.6. The van der Waals surface area contributed by atoms with Crippen LogP contribution in [-0.4, -0.2) is 102 Å². The maximum atomic E-state index is 12.4. The Labute approximate surface area is 204 Å². The van der Waals surface area contributed by atoms with E-state index in [9.17, 15) is 37.2 Å². The molecule has 8 amide bonds. The molecule has 2 aliphatic heterocycles. The second kappa shape index (κ2) is 10.2. The fraction of sp³-hybridized carbons (Fsp3) is 0.500. The number of amides is 8. The molecule has 1 unspecified atom stereocenters. The van der Waals surface area contributed by atoms with Gasteiger partial charge in [0.1, 0.15) is 17.8 Å². The summed E-state index contributed by atoms with van der Waals surface area (Å²) in [7, 11) is -4.42. The van der Waals surface area contributed by atoms with Crippen LogP contribution in [0.25, 0.3) is 0 Å². The Bertz CT molecular complexity index is 1210. The lowest BCUT2D eigenvalue weighted by Crippen LogP contribution is -2.69. The predicted octanol–water partition coefficient (Wildman–Crippen LogP) is -2.53. The Hall–Kier alpha value is -4.22. The monoisotopic (exact) mass is 528 g/mol. The van der Waals surface area contributed by atoms with Crippen LogP contribution >= 0.6 is 0 Å². The molecule has 4 N–H and O–H groups in total. The number of hydrogen-bond donors (Lipinski definition) is 4. The maximum absolute atomic E-state index is 12.4. The number of aryl methyl sites for hydroxylation is 1. The highest BCUT2D eigenvalue weighted by Crippen LogP contribution is 2.13. The molecular formula is C18H24N8O9S. The molecule has 2 atom stereocenters. The van der Waals surface area contributed by atoms with Crippen molar-refractivity contribution in [3.8, 4) is 0 Å². The lowest BCUT2D eigenvalue weighted by atomic mass is 10.1. The molecule has 1 aromatic rings. The number of likely N-dealkylation sites (N-methyl/N-ethyl adjacent to an activating group) is 1. The Morgan fingerprint density at radius 3 is 2.42 bits per heavy atom. The molecule has 0 aliphatic carbocycles. The summed E-state index contributed by atoms with van der Waals surface area (Å²) < 4.78 is 32.3. The Kier molecular flexibility index (Phi) is 7.46. The van der Waals surface area contributed by atoms with Crippen LogP contribution in [0.4, 0.5) is 15.4 Å². The van der Waals surface area contributed by atoms with Crippen LogP contribution in [0.15, 0.2) is 10.6 Å². The first-order valence-corrected chi connectivity index (χ1v) is 12.1. The van der Waals surface area contributed by atoms with E-state index in [2.05, 4.69) is 15.8 Å². The van der Waals surface area contributed by atoms with E-state index in [1.807, 2.05) is 4.72 Å². The molecule has 2 aliphatic rings. The highest BCUT2D eigenvalue weighted by molar-refractivity contribution is 7.91.